The van der Waals surface area contributed by atoms with Crippen molar-refractivity contribution >= 4 is 5.78 Å². The van der Waals surface area contributed by atoms with Gasteiger partial charge >= 0.3 is 0 Å². The molecule has 2 heteroatoms. The van der Waals surface area contributed by atoms with Gasteiger partial charge in [0.25, 0.3) is 0 Å². The van der Waals surface area contributed by atoms with Crippen molar-refractivity contribution in [2.24, 2.45) is 0 Å². The SMILES string of the molecule is O=C1C=C(C2CCCc3cccnc32)CCCC1. The number of pyridine rings is 1. The Hall–Kier alpha value is -1.44. The molecule has 0 amide bonds. The molecule has 0 saturated heterocycles. The second kappa shape index (κ2) is 5.05. The lowest BCUT2D eigenvalue weighted by Gasteiger charge is -2.26. The van der Waals surface area contributed by atoms with Gasteiger partial charge in [0, 0.05) is 18.5 Å². The Labute approximate surface area is 108 Å². The fraction of sp³-hybridized carbons (Fsp3) is 0.500. The van der Waals surface area contributed by atoms with E-state index in [1.54, 1.807) is 0 Å². The van der Waals surface area contributed by atoms with E-state index < -0.39 is 0 Å². The molecule has 3 rings (SSSR count). The summed E-state index contributed by atoms with van der Waals surface area (Å²) in [6.07, 6.45) is 11.3. The van der Waals surface area contributed by atoms with Crippen molar-refractivity contribution in [3.8, 4) is 0 Å². The van der Waals surface area contributed by atoms with Crippen molar-refractivity contribution in [1.29, 1.82) is 0 Å². The predicted octanol–water partition coefficient (Wildman–Crippen LogP) is 3.57. The summed E-state index contributed by atoms with van der Waals surface area (Å²) in [5.74, 6) is 0.711. The summed E-state index contributed by atoms with van der Waals surface area (Å²) in [5, 5.41) is 0. The topological polar surface area (TPSA) is 30.0 Å². The van der Waals surface area contributed by atoms with E-state index >= 15 is 0 Å². The lowest BCUT2D eigenvalue weighted by molar-refractivity contribution is -0.114. The fourth-order valence-electron chi connectivity index (χ4n) is 3.22. The highest BCUT2D eigenvalue weighted by Crippen LogP contribution is 2.38. The smallest absolute Gasteiger partial charge is 0.155 e. The van der Waals surface area contributed by atoms with Crippen LogP contribution < -0.4 is 0 Å². The molecule has 2 aliphatic carbocycles. The molecule has 1 unspecified atom stereocenters. The van der Waals surface area contributed by atoms with E-state index in [-0.39, 0.29) is 0 Å². The number of aryl methyl sites for hydroxylation is 1. The van der Waals surface area contributed by atoms with Crippen LogP contribution in [0.2, 0.25) is 0 Å². The van der Waals surface area contributed by atoms with Crippen LogP contribution in [0.15, 0.2) is 30.0 Å². The van der Waals surface area contributed by atoms with Crippen molar-refractivity contribution in [2.75, 3.05) is 0 Å². The molecule has 0 aromatic carbocycles. The molecular formula is C16H19NO. The van der Waals surface area contributed by atoms with Crippen LogP contribution in [0, 0.1) is 0 Å². The van der Waals surface area contributed by atoms with Gasteiger partial charge in [-0.05, 0) is 56.2 Å². The van der Waals surface area contributed by atoms with Gasteiger partial charge in [-0.2, -0.15) is 0 Å². The van der Waals surface area contributed by atoms with Crippen molar-refractivity contribution in [3.05, 3.63) is 41.2 Å². The normalized spacial score (nSPS) is 24.1. The first kappa shape index (κ1) is 11.6. The summed E-state index contributed by atoms with van der Waals surface area (Å²) < 4.78 is 0. The van der Waals surface area contributed by atoms with Gasteiger partial charge in [0.1, 0.15) is 0 Å². The predicted molar refractivity (Wildman–Crippen MR) is 71.5 cm³/mol. The Kier molecular flexibility index (Phi) is 3.26. The molecule has 1 aromatic rings. The van der Waals surface area contributed by atoms with Crippen LogP contribution in [0.3, 0.4) is 0 Å². The molecule has 2 aliphatic rings. The molecule has 0 N–H and O–H groups in total. The van der Waals surface area contributed by atoms with Crippen LogP contribution in [-0.4, -0.2) is 10.8 Å². The van der Waals surface area contributed by atoms with Gasteiger partial charge in [0.05, 0.1) is 5.69 Å². The van der Waals surface area contributed by atoms with E-state index in [2.05, 4.69) is 11.1 Å². The van der Waals surface area contributed by atoms with Crippen molar-refractivity contribution in [2.45, 2.75) is 50.9 Å². The molecule has 0 aliphatic heterocycles. The lowest BCUT2D eigenvalue weighted by atomic mass is 9.80. The summed E-state index contributed by atoms with van der Waals surface area (Å²) in [5.41, 5.74) is 3.94. The monoisotopic (exact) mass is 241 g/mol. The van der Waals surface area contributed by atoms with E-state index in [1.165, 1.54) is 23.3 Å². The maximum absolute atomic E-state index is 11.8. The van der Waals surface area contributed by atoms with Gasteiger partial charge in [-0.3, -0.25) is 9.78 Å². The summed E-state index contributed by atoms with van der Waals surface area (Å²) >= 11 is 0. The molecule has 0 spiro atoms. The minimum Gasteiger partial charge on any atom is -0.295 e. The van der Waals surface area contributed by atoms with Gasteiger partial charge in [0.2, 0.25) is 0 Å². The van der Waals surface area contributed by atoms with E-state index in [0.717, 1.165) is 38.5 Å². The van der Waals surface area contributed by atoms with Crippen LogP contribution >= 0.6 is 0 Å². The largest absolute Gasteiger partial charge is 0.295 e. The molecule has 94 valence electrons. The van der Waals surface area contributed by atoms with E-state index in [9.17, 15) is 4.79 Å². The number of fused-ring (bicyclic) bond motifs is 1. The number of hydrogen-bond donors (Lipinski definition) is 0. The third kappa shape index (κ3) is 2.24. The maximum atomic E-state index is 11.8. The molecule has 0 fully saturated rings. The Morgan fingerprint density at radius 2 is 2.00 bits per heavy atom. The Morgan fingerprint density at radius 3 is 2.94 bits per heavy atom. The highest BCUT2D eigenvalue weighted by molar-refractivity contribution is 5.90. The molecule has 0 saturated carbocycles. The molecular weight excluding hydrogens is 222 g/mol. The second-order valence-corrected chi connectivity index (χ2v) is 5.39. The summed E-state index contributed by atoms with van der Waals surface area (Å²) in [4.78, 5) is 16.3. The molecule has 2 nitrogen and oxygen atoms in total. The van der Waals surface area contributed by atoms with Crippen LogP contribution in [0.25, 0.3) is 0 Å². The average Bonchev–Trinajstić information content (AvgIpc) is 2.63. The minimum atomic E-state index is 0.311. The number of nitrogens with zero attached hydrogens (tertiary/aromatic N) is 1. The second-order valence-electron chi connectivity index (χ2n) is 5.39. The maximum Gasteiger partial charge on any atom is 0.155 e. The number of rotatable bonds is 1. The van der Waals surface area contributed by atoms with Gasteiger partial charge < -0.3 is 0 Å². The van der Waals surface area contributed by atoms with E-state index in [0.29, 0.717) is 11.7 Å². The summed E-state index contributed by atoms with van der Waals surface area (Å²) in [7, 11) is 0. The fourth-order valence-corrected chi connectivity index (χ4v) is 3.22. The Morgan fingerprint density at radius 1 is 1.11 bits per heavy atom. The van der Waals surface area contributed by atoms with Gasteiger partial charge in [-0.1, -0.05) is 11.6 Å². The van der Waals surface area contributed by atoms with Crippen molar-refractivity contribution < 1.29 is 4.79 Å². The zero-order chi connectivity index (χ0) is 12.4. The number of aromatic nitrogens is 1. The van der Waals surface area contributed by atoms with Crippen molar-refractivity contribution in [3.63, 3.8) is 0 Å². The number of carbonyl (C=O) groups excluding carboxylic acids is 1. The molecule has 1 aromatic heterocycles. The highest BCUT2D eigenvalue weighted by Gasteiger charge is 2.25. The third-order valence-electron chi connectivity index (χ3n) is 4.13. The average molecular weight is 241 g/mol. The minimum absolute atomic E-state index is 0.311. The van der Waals surface area contributed by atoms with Crippen LogP contribution in [0.4, 0.5) is 0 Å². The Balaban J connectivity index is 1.95. The molecule has 0 radical (unpaired) electrons. The quantitative estimate of drug-likeness (QED) is 0.752. The number of allylic oxidation sites excluding steroid dienone is 2. The number of ketones is 1. The van der Waals surface area contributed by atoms with Crippen LogP contribution in [0.1, 0.15) is 55.7 Å². The first-order valence-corrected chi connectivity index (χ1v) is 7.01. The first-order chi connectivity index (χ1) is 8.84. The molecule has 0 bridgehead atoms. The zero-order valence-corrected chi connectivity index (χ0v) is 10.7. The molecule has 18 heavy (non-hydrogen) atoms. The molecule has 1 heterocycles. The Bertz CT molecular complexity index is 490. The van der Waals surface area contributed by atoms with Crippen molar-refractivity contribution in [1.82, 2.24) is 4.98 Å². The molecule has 1 atom stereocenters. The zero-order valence-electron chi connectivity index (χ0n) is 10.7. The standard InChI is InChI=1S/C16H19NO/c18-14-8-2-1-5-13(11-14)15-9-3-6-12-7-4-10-17-16(12)15/h4,7,10-11,15H,1-3,5-6,8-9H2. The van der Waals surface area contributed by atoms with Crippen LogP contribution in [-0.2, 0) is 11.2 Å². The third-order valence-corrected chi connectivity index (χ3v) is 4.13. The van der Waals surface area contributed by atoms with Gasteiger partial charge in [-0.25, -0.2) is 0 Å². The van der Waals surface area contributed by atoms with E-state index in [4.69, 9.17) is 0 Å². The van der Waals surface area contributed by atoms with Crippen LogP contribution in [0.5, 0.6) is 0 Å². The highest BCUT2D eigenvalue weighted by atomic mass is 16.1. The van der Waals surface area contributed by atoms with E-state index in [1.807, 2.05) is 18.3 Å². The van der Waals surface area contributed by atoms with Gasteiger partial charge in [0.15, 0.2) is 5.78 Å². The summed E-state index contributed by atoms with van der Waals surface area (Å²) in [6, 6.07) is 4.21. The van der Waals surface area contributed by atoms with Gasteiger partial charge in [-0.15, -0.1) is 0 Å². The number of carbonyl (C=O) groups is 1. The lowest BCUT2D eigenvalue weighted by Crippen LogP contribution is -2.14. The number of hydrogen-bond acceptors (Lipinski definition) is 2. The summed E-state index contributed by atoms with van der Waals surface area (Å²) in [6.45, 7) is 0. The first-order valence-electron chi connectivity index (χ1n) is 7.01.